The van der Waals surface area contributed by atoms with E-state index in [1.807, 2.05) is 19.1 Å². The molecule has 1 aliphatic heterocycles. The first-order chi connectivity index (χ1) is 13.6. The highest BCUT2D eigenvalue weighted by molar-refractivity contribution is 5.78. The molecule has 2 unspecified atom stereocenters. The number of phenolic OH excluding ortho intramolecular Hbond substituents is 1. The predicted octanol–water partition coefficient (Wildman–Crippen LogP) is 3.86. The third-order valence-electron chi connectivity index (χ3n) is 4.76. The van der Waals surface area contributed by atoms with E-state index in [0.717, 1.165) is 25.7 Å². The van der Waals surface area contributed by atoms with Crippen molar-refractivity contribution in [3.63, 3.8) is 0 Å². The van der Waals surface area contributed by atoms with Gasteiger partial charge in [0.05, 0.1) is 6.10 Å². The average Bonchev–Trinajstić information content (AvgIpc) is 2.74. The van der Waals surface area contributed by atoms with Gasteiger partial charge < -0.3 is 15.2 Å². The monoisotopic (exact) mass is 383 g/mol. The minimum atomic E-state index is -0.500. The van der Waals surface area contributed by atoms with E-state index < -0.39 is 6.04 Å². The van der Waals surface area contributed by atoms with E-state index >= 15 is 0 Å². The Morgan fingerprint density at radius 2 is 1.71 bits per heavy atom. The number of amides is 1. The number of para-hydroxylation sites is 1. The van der Waals surface area contributed by atoms with Gasteiger partial charge in [0.1, 0.15) is 11.8 Å². The lowest BCUT2D eigenvalue weighted by molar-refractivity contribution is -0.152. The van der Waals surface area contributed by atoms with E-state index in [1.54, 1.807) is 24.3 Å². The van der Waals surface area contributed by atoms with E-state index in [9.17, 15) is 9.59 Å². The van der Waals surface area contributed by atoms with Crippen LogP contribution in [0.1, 0.15) is 38.2 Å². The van der Waals surface area contributed by atoms with Gasteiger partial charge in [-0.25, -0.2) is 4.79 Å². The summed E-state index contributed by atoms with van der Waals surface area (Å²) in [7, 11) is 0. The van der Waals surface area contributed by atoms with Crippen molar-refractivity contribution in [1.29, 1.82) is 0 Å². The molecular formula is C23H29NO4. The summed E-state index contributed by atoms with van der Waals surface area (Å²) in [5, 5.41) is 11.2. The number of hydrogen-bond acceptors (Lipinski definition) is 4. The molecule has 150 valence electrons. The lowest BCUT2D eigenvalue weighted by Gasteiger charge is -2.20. The van der Waals surface area contributed by atoms with Crippen molar-refractivity contribution in [2.24, 2.45) is 5.92 Å². The van der Waals surface area contributed by atoms with Crippen molar-refractivity contribution < 1.29 is 19.4 Å². The van der Waals surface area contributed by atoms with Crippen LogP contribution in [0, 0.1) is 5.92 Å². The summed E-state index contributed by atoms with van der Waals surface area (Å²) < 4.78 is 5.44. The number of cyclic esters (lactones) is 1. The van der Waals surface area contributed by atoms with Crippen molar-refractivity contribution in [1.82, 2.24) is 5.32 Å². The van der Waals surface area contributed by atoms with Crippen molar-refractivity contribution in [2.75, 3.05) is 0 Å². The van der Waals surface area contributed by atoms with Gasteiger partial charge in [-0.3, -0.25) is 4.79 Å². The Hall–Kier alpha value is -2.82. The maximum Gasteiger partial charge on any atom is 0.328 e. The van der Waals surface area contributed by atoms with Crippen LogP contribution in [0.2, 0.25) is 0 Å². The van der Waals surface area contributed by atoms with Gasteiger partial charge in [-0.15, -0.1) is 0 Å². The zero-order valence-corrected chi connectivity index (χ0v) is 16.3. The summed E-state index contributed by atoms with van der Waals surface area (Å²) in [5.74, 6) is 0.516. The molecule has 2 N–H and O–H groups in total. The molecule has 0 spiro atoms. The van der Waals surface area contributed by atoms with Gasteiger partial charge in [-0.1, -0.05) is 55.0 Å². The Morgan fingerprint density at radius 3 is 2.29 bits per heavy atom. The Kier molecular flexibility index (Phi) is 9.05. The number of esters is 1. The molecule has 1 amide bonds. The van der Waals surface area contributed by atoms with Crippen molar-refractivity contribution >= 4 is 12.4 Å². The van der Waals surface area contributed by atoms with E-state index in [0.29, 0.717) is 24.5 Å². The Labute approximate surface area is 166 Å². The number of benzene rings is 2. The fourth-order valence-corrected chi connectivity index (χ4v) is 3.44. The highest BCUT2D eigenvalue weighted by atomic mass is 16.5. The van der Waals surface area contributed by atoms with Gasteiger partial charge in [0.2, 0.25) is 6.41 Å². The number of phenols is 1. The zero-order chi connectivity index (χ0) is 20.2. The summed E-state index contributed by atoms with van der Waals surface area (Å²) >= 11 is 0. The number of hydrogen-bond donors (Lipinski definition) is 2. The molecule has 2 aromatic rings. The molecule has 3 atom stereocenters. The summed E-state index contributed by atoms with van der Waals surface area (Å²) in [6, 6.07) is 18.6. The molecule has 0 radical (unpaired) electrons. The number of nitrogens with one attached hydrogen (secondary N) is 1. The lowest BCUT2D eigenvalue weighted by Crippen LogP contribution is -2.38. The number of ether oxygens (including phenoxy) is 1. The minimum absolute atomic E-state index is 0.111. The quantitative estimate of drug-likeness (QED) is 0.621. The van der Waals surface area contributed by atoms with E-state index in [4.69, 9.17) is 9.84 Å². The van der Waals surface area contributed by atoms with E-state index in [2.05, 4.69) is 29.6 Å². The fraction of sp³-hybridized carbons (Fsp3) is 0.391. The second kappa shape index (κ2) is 11.8. The molecule has 2 aromatic carbocycles. The molecule has 3 rings (SSSR count). The third kappa shape index (κ3) is 7.82. The zero-order valence-electron chi connectivity index (χ0n) is 16.3. The van der Waals surface area contributed by atoms with Crippen LogP contribution in [-0.2, 0) is 20.7 Å². The number of rotatable bonds is 4. The number of carbonyl (C=O) groups excluding carboxylic acids is 2. The average molecular weight is 383 g/mol. The lowest BCUT2D eigenvalue weighted by atomic mass is 9.89. The van der Waals surface area contributed by atoms with Crippen LogP contribution in [0.5, 0.6) is 5.75 Å². The van der Waals surface area contributed by atoms with Crippen molar-refractivity contribution in [3.05, 3.63) is 66.2 Å². The summed E-state index contributed by atoms with van der Waals surface area (Å²) in [5.41, 5.74) is 1.32. The maximum absolute atomic E-state index is 11.9. The number of aromatic hydroxyl groups is 1. The first kappa shape index (κ1) is 21.5. The predicted molar refractivity (Wildman–Crippen MR) is 109 cm³/mol. The minimum Gasteiger partial charge on any atom is -0.508 e. The van der Waals surface area contributed by atoms with Gasteiger partial charge >= 0.3 is 5.97 Å². The smallest absolute Gasteiger partial charge is 0.328 e. The van der Waals surface area contributed by atoms with Gasteiger partial charge in [0.25, 0.3) is 0 Å². The molecule has 5 nitrogen and oxygen atoms in total. The van der Waals surface area contributed by atoms with Crippen LogP contribution in [0.3, 0.4) is 0 Å². The highest BCUT2D eigenvalue weighted by Gasteiger charge is 2.25. The first-order valence-corrected chi connectivity index (χ1v) is 9.76. The normalized spacial score (nSPS) is 22.3. The third-order valence-corrected chi connectivity index (χ3v) is 4.76. The summed E-state index contributed by atoms with van der Waals surface area (Å²) in [4.78, 5) is 22.5. The molecule has 0 saturated carbocycles. The van der Waals surface area contributed by atoms with E-state index in [1.165, 1.54) is 5.56 Å². The molecular weight excluding hydrogens is 354 g/mol. The van der Waals surface area contributed by atoms with Crippen molar-refractivity contribution in [2.45, 2.75) is 51.2 Å². The van der Waals surface area contributed by atoms with Crippen molar-refractivity contribution in [3.8, 4) is 5.75 Å². The van der Waals surface area contributed by atoms with E-state index in [-0.39, 0.29) is 12.1 Å². The maximum atomic E-state index is 11.9. The number of carbonyl (C=O) groups is 2. The van der Waals surface area contributed by atoms with Gasteiger partial charge in [0, 0.05) is 0 Å². The highest BCUT2D eigenvalue weighted by Crippen LogP contribution is 2.24. The van der Waals surface area contributed by atoms with Crippen LogP contribution in [0.4, 0.5) is 0 Å². The molecule has 0 aromatic heterocycles. The summed E-state index contributed by atoms with van der Waals surface area (Å²) in [6.45, 7) is 1.93. The molecule has 0 bridgehead atoms. The molecule has 5 heteroatoms. The van der Waals surface area contributed by atoms with Crippen LogP contribution in [0.25, 0.3) is 0 Å². The molecule has 1 heterocycles. The molecule has 1 aliphatic rings. The Morgan fingerprint density at radius 1 is 1.07 bits per heavy atom. The first-order valence-electron chi connectivity index (χ1n) is 9.76. The largest absolute Gasteiger partial charge is 0.508 e. The van der Waals surface area contributed by atoms with Crippen LogP contribution < -0.4 is 5.32 Å². The van der Waals surface area contributed by atoms with Crippen LogP contribution >= 0.6 is 0 Å². The van der Waals surface area contributed by atoms with Gasteiger partial charge in [0.15, 0.2) is 0 Å². The fourth-order valence-electron chi connectivity index (χ4n) is 3.44. The SMILES string of the molecule is CC1CC(Cc2ccccc2)CCC[C@H](NC=O)C(=O)O1.Oc1ccccc1. The Balaban J connectivity index is 0.000000336. The van der Waals surface area contributed by atoms with Crippen LogP contribution in [-0.4, -0.2) is 29.6 Å². The second-order valence-corrected chi connectivity index (χ2v) is 7.14. The second-order valence-electron chi connectivity index (χ2n) is 7.14. The standard InChI is InChI=1S/C17H23NO3.C6H6O/c1-13-10-15(11-14-6-3-2-4-7-14)8-5-9-16(18-12-19)17(20)21-13;7-6-4-2-1-3-5-6/h2-4,6-7,12-13,15-16H,5,8-11H2,1H3,(H,18,19);1-5,7H/t13?,15?,16-;/m0./s1. The molecule has 1 saturated heterocycles. The van der Waals surface area contributed by atoms with Gasteiger partial charge in [-0.2, -0.15) is 0 Å². The van der Waals surface area contributed by atoms with Gasteiger partial charge in [-0.05, 0) is 56.2 Å². The topological polar surface area (TPSA) is 75.6 Å². The molecule has 1 fully saturated rings. The molecule has 28 heavy (non-hydrogen) atoms. The van der Waals surface area contributed by atoms with Crippen LogP contribution in [0.15, 0.2) is 60.7 Å². The molecule has 0 aliphatic carbocycles. The Bertz CT molecular complexity index is 705. The summed E-state index contributed by atoms with van der Waals surface area (Å²) in [6.07, 6.45) is 4.96.